The van der Waals surface area contributed by atoms with E-state index in [4.69, 9.17) is 53.8 Å². The number of amides is 1. The van der Waals surface area contributed by atoms with E-state index in [9.17, 15) is 9.18 Å². The number of anilines is 1. The van der Waals surface area contributed by atoms with Crippen LogP contribution in [0.3, 0.4) is 0 Å². The van der Waals surface area contributed by atoms with Gasteiger partial charge in [0.2, 0.25) is 11.8 Å². The summed E-state index contributed by atoms with van der Waals surface area (Å²) in [6.45, 7) is 9.47. The van der Waals surface area contributed by atoms with Gasteiger partial charge in [-0.05, 0) is 30.9 Å². The highest BCUT2D eigenvalue weighted by molar-refractivity contribution is 6.33. The van der Waals surface area contributed by atoms with Crippen LogP contribution in [0, 0.1) is 24.1 Å². The van der Waals surface area contributed by atoms with Crippen LogP contribution in [-0.4, -0.2) is 81.5 Å². The second-order valence-corrected chi connectivity index (χ2v) is 11.8. The molecule has 0 radical (unpaired) electrons. The number of benzene rings is 1. The van der Waals surface area contributed by atoms with Crippen molar-refractivity contribution in [1.29, 1.82) is 0 Å². The molecule has 0 spiro atoms. The lowest BCUT2D eigenvalue weighted by Gasteiger charge is -2.35. The van der Waals surface area contributed by atoms with Gasteiger partial charge in [-0.3, -0.25) is 9.89 Å². The first-order valence-electron chi connectivity index (χ1n) is 14.8. The molecule has 4 aromatic rings. The normalized spacial score (nSPS) is 15.4. The number of halogens is 3. The van der Waals surface area contributed by atoms with E-state index < -0.39 is 11.9 Å². The zero-order chi connectivity index (χ0) is 33.0. The van der Waals surface area contributed by atoms with Crippen LogP contribution in [0.25, 0.3) is 21.8 Å². The number of pyridine rings is 1. The molecule has 3 aromatic heterocycles. The molecule has 1 unspecified atom stereocenters. The fourth-order valence-electron chi connectivity index (χ4n) is 5.51. The van der Waals surface area contributed by atoms with Gasteiger partial charge in [-0.15, -0.1) is 12.3 Å². The number of fused-ring (bicyclic) bond motifs is 2. The smallest absolute Gasteiger partial charge is 0.319 e. The third kappa shape index (κ3) is 6.97. The number of piperazine rings is 1. The Morgan fingerprint density at radius 2 is 1.96 bits per heavy atom. The Hall–Kier alpha value is -4.18. The summed E-state index contributed by atoms with van der Waals surface area (Å²) in [7, 11) is 1.63. The molecular weight excluding hydrogens is 636 g/mol. The Morgan fingerprint density at radius 3 is 2.63 bits per heavy atom. The van der Waals surface area contributed by atoms with Crippen molar-refractivity contribution in [2.75, 3.05) is 38.2 Å². The fraction of sp³-hybridized carbons (Fsp3) is 0.406. The molecule has 1 N–H and O–H groups in total. The number of carbonyl (C=O) groups is 1. The van der Waals surface area contributed by atoms with Gasteiger partial charge >= 0.3 is 6.01 Å². The number of H-pyrrole nitrogens is 1. The van der Waals surface area contributed by atoms with Crippen LogP contribution in [0.1, 0.15) is 33.1 Å². The molecule has 0 saturated carbocycles. The third-order valence-electron chi connectivity index (χ3n) is 7.91. The number of aromatic amines is 1. The minimum absolute atomic E-state index is 0.00551. The number of aromatic nitrogens is 5. The highest BCUT2D eigenvalue weighted by atomic mass is 35.5. The number of methoxy groups -OCH3 is 1. The van der Waals surface area contributed by atoms with Gasteiger partial charge in [-0.25, -0.2) is 4.39 Å². The Morgan fingerprint density at radius 1 is 1.20 bits per heavy atom. The monoisotopic (exact) mass is 669 g/mol. The highest BCUT2D eigenvalue weighted by Crippen LogP contribution is 2.41. The molecule has 242 valence electrons. The Kier molecular flexibility index (Phi) is 10.5. The number of nitrogens with zero attached hydrogens (tertiary/aromatic N) is 6. The predicted molar refractivity (Wildman–Crippen MR) is 175 cm³/mol. The molecule has 1 aromatic carbocycles. The second-order valence-electron chi connectivity index (χ2n) is 11.0. The second kappa shape index (κ2) is 14.5. The maximum absolute atomic E-state index is 14.8. The van der Waals surface area contributed by atoms with Gasteiger partial charge in [-0.1, -0.05) is 43.6 Å². The van der Waals surface area contributed by atoms with Crippen LogP contribution in [0.2, 0.25) is 10.2 Å². The molecular formula is C32H34Cl2FN7O4. The summed E-state index contributed by atoms with van der Waals surface area (Å²) in [4.78, 5) is 30.0. The van der Waals surface area contributed by atoms with Crippen molar-refractivity contribution < 1.29 is 23.4 Å². The summed E-state index contributed by atoms with van der Waals surface area (Å²) in [5, 5.41) is 7.49. The van der Waals surface area contributed by atoms with Crippen LogP contribution in [-0.2, 0) is 9.53 Å². The average Bonchev–Trinajstić information content (AvgIpc) is 3.52. The fourth-order valence-corrected chi connectivity index (χ4v) is 5.89. The Bertz CT molecular complexity index is 1790. The summed E-state index contributed by atoms with van der Waals surface area (Å²) in [6, 6.07) is 2.91. The predicted octanol–water partition coefficient (Wildman–Crippen LogP) is 6.20. The van der Waals surface area contributed by atoms with E-state index in [0.717, 1.165) is 0 Å². The minimum Gasteiger partial charge on any atom is -0.457 e. The zero-order valence-electron chi connectivity index (χ0n) is 25.7. The van der Waals surface area contributed by atoms with E-state index in [1.165, 1.54) is 18.3 Å². The Balaban J connectivity index is 1.61. The third-order valence-corrected chi connectivity index (χ3v) is 8.46. The van der Waals surface area contributed by atoms with Gasteiger partial charge in [0.15, 0.2) is 5.75 Å². The Labute approximate surface area is 276 Å². The van der Waals surface area contributed by atoms with E-state index in [-0.39, 0.29) is 51.3 Å². The zero-order valence-corrected chi connectivity index (χ0v) is 27.2. The minimum atomic E-state index is -0.707. The van der Waals surface area contributed by atoms with Gasteiger partial charge in [0.25, 0.3) is 0 Å². The summed E-state index contributed by atoms with van der Waals surface area (Å²) in [6.07, 6.45) is 9.48. The first kappa shape index (κ1) is 33.2. The number of terminal acetylenes is 1. The van der Waals surface area contributed by atoms with Crippen molar-refractivity contribution in [2.45, 2.75) is 45.3 Å². The number of hydrogen-bond acceptors (Lipinski definition) is 9. The van der Waals surface area contributed by atoms with E-state index in [2.05, 4.69) is 34.6 Å². The van der Waals surface area contributed by atoms with Crippen molar-refractivity contribution in [2.24, 2.45) is 5.92 Å². The largest absolute Gasteiger partial charge is 0.457 e. The molecule has 1 amide bonds. The summed E-state index contributed by atoms with van der Waals surface area (Å²) >= 11 is 12.9. The number of nitrogens with one attached hydrogen (secondary N) is 1. The van der Waals surface area contributed by atoms with Gasteiger partial charge in [-0.2, -0.15) is 20.1 Å². The molecule has 4 heterocycles. The average molecular weight is 671 g/mol. The lowest BCUT2D eigenvalue weighted by molar-refractivity contribution is -0.126. The van der Waals surface area contributed by atoms with E-state index >= 15 is 0 Å². The number of ether oxygens (including phenoxy) is 3. The van der Waals surface area contributed by atoms with Crippen molar-refractivity contribution in [1.82, 2.24) is 30.0 Å². The summed E-state index contributed by atoms with van der Waals surface area (Å²) in [5.41, 5.74) is 0.639. The van der Waals surface area contributed by atoms with Crippen LogP contribution in [0.15, 0.2) is 31.0 Å². The van der Waals surface area contributed by atoms with Crippen LogP contribution < -0.4 is 14.4 Å². The van der Waals surface area contributed by atoms with E-state index in [0.29, 0.717) is 67.5 Å². The van der Waals surface area contributed by atoms with Gasteiger partial charge < -0.3 is 24.0 Å². The lowest BCUT2D eigenvalue weighted by atomic mass is 9.96. The maximum Gasteiger partial charge on any atom is 0.319 e. The summed E-state index contributed by atoms with van der Waals surface area (Å²) in [5.74, 6) is 2.52. The summed E-state index contributed by atoms with van der Waals surface area (Å²) < 4.78 is 33.2. The standard InChI is InChI=1S/C32H34Cl2FN7O4/c1-6-9-18(4)14-24(44-5)23(7-2)45-32-38-28-19(30(39-32)42-12-10-41(11-13-42)26(43)8-3)15-25(33)37-31(28)46-29-20-17-36-40-22(20)16-21(35)27(29)34/h1,8,15-18,23-24H,3,7,9-14H2,2,4-5H3,(H,36,40)/t18?,23-,24-/m1/s1. The number of carbonyl (C=O) groups excluding carboxylic acids is 1. The maximum atomic E-state index is 14.8. The first-order chi connectivity index (χ1) is 22.2. The van der Waals surface area contributed by atoms with Crippen LogP contribution >= 0.6 is 23.2 Å². The van der Waals surface area contributed by atoms with E-state index in [1.54, 1.807) is 18.1 Å². The molecule has 46 heavy (non-hydrogen) atoms. The molecule has 1 aliphatic rings. The topological polar surface area (TPSA) is 119 Å². The van der Waals surface area contributed by atoms with Gasteiger partial charge in [0, 0.05) is 45.8 Å². The SMILES string of the molecule is C#CCC(C)C[C@@H](OC)[C@@H](CC)Oc1nc(N2CCN(C(=O)C=C)CC2)c2cc(Cl)nc(Oc3c(Cl)c(F)cc4[nH]ncc34)c2n1. The molecule has 3 atom stereocenters. The van der Waals surface area contributed by atoms with Crippen LogP contribution in [0.5, 0.6) is 17.6 Å². The van der Waals surface area contributed by atoms with Crippen molar-refractivity contribution >= 4 is 56.7 Å². The molecule has 5 rings (SSSR count). The molecule has 1 fully saturated rings. The highest BCUT2D eigenvalue weighted by Gasteiger charge is 2.29. The number of hydrogen-bond donors (Lipinski definition) is 1. The first-order valence-corrected chi connectivity index (χ1v) is 15.6. The van der Waals surface area contributed by atoms with Crippen molar-refractivity contribution in [3.63, 3.8) is 0 Å². The van der Waals surface area contributed by atoms with Gasteiger partial charge in [0.05, 0.1) is 28.6 Å². The molecule has 14 heteroatoms. The molecule has 11 nitrogen and oxygen atoms in total. The molecule has 0 aliphatic carbocycles. The molecule has 1 aliphatic heterocycles. The lowest BCUT2D eigenvalue weighted by Crippen LogP contribution is -2.48. The molecule has 1 saturated heterocycles. The molecule has 0 bridgehead atoms. The van der Waals surface area contributed by atoms with Crippen LogP contribution in [0.4, 0.5) is 10.2 Å². The van der Waals surface area contributed by atoms with E-state index in [1.807, 2.05) is 11.8 Å². The van der Waals surface area contributed by atoms with Crippen molar-refractivity contribution in [3.05, 3.63) is 47.0 Å². The van der Waals surface area contributed by atoms with Gasteiger partial charge in [0.1, 0.15) is 33.4 Å². The number of rotatable bonds is 12. The van der Waals surface area contributed by atoms with Crippen molar-refractivity contribution in [3.8, 4) is 30.0 Å². The quantitative estimate of drug-likeness (QED) is 0.107.